The van der Waals surface area contributed by atoms with Crippen LogP contribution in [-0.4, -0.2) is 15.6 Å². The van der Waals surface area contributed by atoms with Crippen LogP contribution in [0.3, 0.4) is 0 Å². The molecule has 0 aliphatic heterocycles. The number of ketones is 1. The molecule has 19 heavy (non-hydrogen) atoms. The minimum Gasteiger partial charge on any atom is -0.299 e. The Morgan fingerprint density at radius 3 is 2.79 bits per heavy atom. The van der Waals surface area contributed by atoms with Crippen molar-refractivity contribution in [2.24, 2.45) is 18.9 Å². The normalized spacial score (nSPS) is 23.6. The lowest BCUT2D eigenvalue weighted by molar-refractivity contribution is -0.123. The zero-order chi connectivity index (χ0) is 14.0. The molecule has 1 heterocycles. The second-order valence-corrected chi connectivity index (χ2v) is 6.54. The van der Waals surface area contributed by atoms with Gasteiger partial charge in [-0.1, -0.05) is 26.2 Å². The maximum atomic E-state index is 12.5. The molecule has 0 radical (unpaired) electrons. The van der Waals surface area contributed by atoms with E-state index in [1.54, 1.807) is 0 Å². The van der Waals surface area contributed by atoms with Crippen molar-refractivity contribution in [1.82, 2.24) is 9.78 Å². The van der Waals surface area contributed by atoms with Gasteiger partial charge in [0.25, 0.3) is 0 Å². The molecule has 2 rings (SSSR count). The van der Waals surface area contributed by atoms with E-state index < -0.39 is 0 Å². The molecule has 106 valence electrons. The van der Waals surface area contributed by atoms with Gasteiger partial charge in [-0.25, -0.2) is 0 Å². The summed E-state index contributed by atoms with van der Waals surface area (Å²) in [5.41, 5.74) is 1.97. The van der Waals surface area contributed by atoms with E-state index in [4.69, 9.17) is 0 Å². The molecule has 1 aromatic rings. The summed E-state index contributed by atoms with van der Waals surface area (Å²) in [7, 11) is 1.91. The SMILES string of the molecule is CCC1CCCC(C(=O)Cc2c(Br)c(C)nn2C)C1. The Morgan fingerprint density at radius 1 is 1.47 bits per heavy atom. The molecule has 0 spiro atoms. The van der Waals surface area contributed by atoms with Crippen LogP contribution >= 0.6 is 15.9 Å². The van der Waals surface area contributed by atoms with E-state index in [0.717, 1.165) is 34.6 Å². The molecule has 0 bridgehead atoms. The fourth-order valence-electron chi connectivity index (χ4n) is 3.14. The molecule has 0 saturated heterocycles. The second-order valence-electron chi connectivity index (χ2n) is 5.75. The number of halogens is 1. The van der Waals surface area contributed by atoms with Crippen molar-refractivity contribution in [1.29, 1.82) is 0 Å². The number of aryl methyl sites for hydroxylation is 2. The number of hydrogen-bond donors (Lipinski definition) is 0. The molecule has 1 fully saturated rings. The molecule has 2 atom stereocenters. The molecule has 0 amide bonds. The minimum absolute atomic E-state index is 0.265. The smallest absolute Gasteiger partial charge is 0.141 e. The van der Waals surface area contributed by atoms with Crippen LogP contribution in [0.5, 0.6) is 0 Å². The molecule has 1 aliphatic carbocycles. The van der Waals surface area contributed by atoms with Crippen molar-refractivity contribution >= 4 is 21.7 Å². The maximum Gasteiger partial charge on any atom is 0.141 e. The van der Waals surface area contributed by atoms with Crippen molar-refractivity contribution in [3.8, 4) is 0 Å². The van der Waals surface area contributed by atoms with Crippen molar-refractivity contribution in [2.75, 3.05) is 0 Å². The van der Waals surface area contributed by atoms with Crippen LogP contribution < -0.4 is 0 Å². The lowest BCUT2D eigenvalue weighted by atomic mass is 9.77. The average molecular weight is 327 g/mol. The number of carbonyl (C=O) groups is 1. The fraction of sp³-hybridized carbons (Fsp3) is 0.733. The van der Waals surface area contributed by atoms with Crippen LogP contribution in [0, 0.1) is 18.8 Å². The van der Waals surface area contributed by atoms with Crippen molar-refractivity contribution in [3.05, 3.63) is 15.9 Å². The highest BCUT2D eigenvalue weighted by Gasteiger charge is 2.27. The molecule has 4 heteroatoms. The van der Waals surface area contributed by atoms with Gasteiger partial charge in [0.1, 0.15) is 5.78 Å². The zero-order valence-electron chi connectivity index (χ0n) is 12.1. The summed E-state index contributed by atoms with van der Waals surface area (Å²) in [6, 6.07) is 0. The standard InChI is InChI=1S/C15H23BrN2O/c1-4-11-6-5-7-12(8-11)14(19)9-13-15(16)10(2)17-18(13)3/h11-12H,4-9H2,1-3H3. The van der Waals surface area contributed by atoms with Gasteiger partial charge >= 0.3 is 0 Å². The maximum absolute atomic E-state index is 12.5. The van der Waals surface area contributed by atoms with Gasteiger partial charge < -0.3 is 0 Å². The minimum atomic E-state index is 0.265. The van der Waals surface area contributed by atoms with E-state index in [9.17, 15) is 4.79 Å². The lowest BCUT2D eigenvalue weighted by Gasteiger charge is -2.27. The van der Waals surface area contributed by atoms with Gasteiger partial charge in [0.05, 0.1) is 15.9 Å². The van der Waals surface area contributed by atoms with Crippen LogP contribution in [0.15, 0.2) is 4.47 Å². The largest absolute Gasteiger partial charge is 0.299 e. The first-order valence-electron chi connectivity index (χ1n) is 7.23. The summed E-state index contributed by atoms with van der Waals surface area (Å²) in [4.78, 5) is 12.5. The predicted octanol–water partition coefficient (Wildman–Crippen LogP) is 3.82. The van der Waals surface area contributed by atoms with Gasteiger partial charge in [-0.15, -0.1) is 0 Å². The number of hydrogen-bond acceptors (Lipinski definition) is 2. The Balaban J connectivity index is 2.04. The number of Topliss-reactive ketones (excluding diaryl/α,β-unsaturated/α-hetero) is 1. The fourth-order valence-corrected chi connectivity index (χ4v) is 3.61. The van der Waals surface area contributed by atoms with Gasteiger partial charge in [-0.2, -0.15) is 5.10 Å². The predicted molar refractivity (Wildman–Crippen MR) is 80.1 cm³/mol. The summed E-state index contributed by atoms with van der Waals surface area (Å²) in [5.74, 6) is 1.40. The van der Waals surface area contributed by atoms with E-state index >= 15 is 0 Å². The Labute approximate surface area is 123 Å². The van der Waals surface area contributed by atoms with E-state index in [-0.39, 0.29) is 5.92 Å². The van der Waals surface area contributed by atoms with Gasteiger partial charge in [-0.05, 0) is 41.6 Å². The third-order valence-electron chi connectivity index (χ3n) is 4.42. The molecule has 0 aromatic carbocycles. The monoisotopic (exact) mass is 326 g/mol. The highest BCUT2D eigenvalue weighted by Crippen LogP contribution is 2.32. The Bertz CT molecular complexity index is 467. The van der Waals surface area contributed by atoms with E-state index in [1.807, 2.05) is 18.7 Å². The Kier molecular flexibility index (Phi) is 4.82. The molecule has 1 aliphatic rings. The topological polar surface area (TPSA) is 34.9 Å². The van der Waals surface area contributed by atoms with Crippen LogP contribution in [0.25, 0.3) is 0 Å². The van der Waals surface area contributed by atoms with Crippen LogP contribution in [0.2, 0.25) is 0 Å². The number of nitrogens with zero attached hydrogens (tertiary/aromatic N) is 2. The molecule has 1 aromatic heterocycles. The van der Waals surface area contributed by atoms with E-state index in [2.05, 4.69) is 28.0 Å². The third-order valence-corrected chi connectivity index (χ3v) is 5.45. The summed E-state index contributed by atoms with van der Waals surface area (Å²) >= 11 is 3.54. The number of carbonyl (C=O) groups excluding carboxylic acids is 1. The summed E-state index contributed by atoms with van der Waals surface area (Å²) < 4.78 is 2.82. The van der Waals surface area contributed by atoms with Crippen molar-refractivity contribution < 1.29 is 4.79 Å². The third kappa shape index (κ3) is 3.28. The summed E-state index contributed by atoms with van der Waals surface area (Å²) in [6.07, 6.45) is 6.39. The van der Waals surface area contributed by atoms with Gasteiger partial charge in [0.15, 0.2) is 0 Å². The van der Waals surface area contributed by atoms with Crippen LogP contribution in [0.4, 0.5) is 0 Å². The number of aromatic nitrogens is 2. The molecule has 0 N–H and O–H groups in total. The quantitative estimate of drug-likeness (QED) is 0.843. The Morgan fingerprint density at radius 2 is 2.21 bits per heavy atom. The number of rotatable bonds is 4. The van der Waals surface area contributed by atoms with E-state index in [1.165, 1.54) is 19.3 Å². The van der Waals surface area contributed by atoms with Crippen LogP contribution in [-0.2, 0) is 18.3 Å². The first kappa shape index (κ1) is 14.8. The first-order valence-corrected chi connectivity index (χ1v) is 8.02. The van der Waals surface area contributed by atoms with Crippen LogP contribution in [0.1, 0.15) is 50.4 Å². The van der Waals surface area contributed by atoms with Crippen molar-refractivity contribution in [3.63, 3.8) is 0 Å². The van der Waals surface area contributed by atoms with Gasteiger partial charge in [-0.3, -0.25) is 9.48 Å². The first-order chi connectivity index (χ1) is 9.02. The lowest BCUT2D eigenvalue weighted by Crippen LogP contribution is -2.24. The van der Waals surface area contributed by atoms with Crippen molar-refractivity contribution in [2.45, 2.75) is 52.4 Å². The van der Waals surface area contributed by atoms with Gasteiger partial charge in [0.2, 0.25) is 0 Å². The molecular weight excluding hydrogens is 304 g/mol. The molecular formula is C15H23BrN2O. The zero-order valence-corrected chi connectivity index (χ0v) is 13.7. The van der Waals surface area contributed by atoms with Gasteiger partial charge in [0, 0.05) is 19.4 Å². The summed E-state index contributed by atoms with van der Waals surface area (Å²) in [6.45, 7) is 4.20. The molecule has 2 unspecified atom stereocenters. The second kappa shape index (κ2) is 6.21. The van der Waals surface area contributed by atoms with E-state index in [0.29, 0.717) is 12.2 Å². The molecule has 3 nitrogen and oxygen atoms in total. The average Bonchev–Trinajstić information content (AvgIpc) is 2.65. The highest BCUT2D eigenvalue weighted by molar-refractivity contribution is 9.10. The highest BCUT2D eigenvalue weighted by atomic mass is 79.9. The Hall–Kier alpha value is -0.640. The summed E-state index contributed by atoms with van der Waals surface area (Å²) in [5, 5.41) is 4.36. The molecule has 1 saturated carbocycles.